The molecule has 0 bridgehead atoms. The van der Waals surface area contributed by atoms with Crippen molar-refractivity contribution in [2.24, 2.45) is 12.8 Å². The van der Waals surface area contributed by atoms with Crippen molar-refractivity contribution >= 4 is 53.8 Å². The highest BCUT2D eigenvalue weighted by Crippen LogP contribution is 2.42. The second-order valence-electron chi connectivity index (χ2n) is 10.5. The van der Waals surface area contributed by atoms with Crippen LogP contribution >= 0.6 is 11.3 Å². The van der Waals surface area contributed by atoms with Crippen LogP contribution < -0.4 is 10.5 Å². The Labute approximate surface area is 248 Å². The summed E-state index contributed by atoms with van der Waals surface area (Å²) in [5.74, 6) is -0.930. The molecule has 0 unspecified atom stereocenters. The van der Waals surface area contributed by atoms with Crippen LogP contribution in [0.4, 0.5) is 13.2 Å². The maximum Gasteiger partial charge on any atom is 0.445 e. The first-order chi connectivity index (χ1) is 19.9. The Kier molecular flexibility index (Phi) is 7.45. The number of hydrogen-bond acceptors (Lipinski definition) is 10. The topological polar surface area (TPSA) is 194 Å². The van der Waals surface area contributed by atoms with E-state index in [1.54, 1.807) is 0 Å². The molecule has 13 nitrogen and oxygen atoms in total. The maximum absolute atomic E-state index is 13.5. The summed E-state index contributed by atoms with van der Waals surface area (Å²) >= 11 is 0.220. The van der Waals surface area contributed by atoms with Crippen molar-refractivity contribution < 1.29 is 34.8 Å². The highest BCUT2D eigenvalue weighted by molar-refractivity contribution is 7.90. The van der Waals surface area contributed by atoms with Gasteiger partial charge in [-0.3, -0.25) is 9.48 Å². The van der Waals surface area contributed by atoms with Crippen molar-refractivity contribution in [1.82, 2.24) is 29.0 Å². The fourth-order valence-electron chi connectivity index (χ4n) is 4.82. The molecule has 1 aromatic carbocycles. The third-order valence-electron chi connectivity index (χ3n) is 7.27. The van der Waals surface area contributed by atoms with E-state index in [0.717, 1.165) is 4.31 Å². The molecule has 0 spiro atoms. The molecule has 0 radical (unpaired) electrons. The molecule has 1 aliphatic heterocycles. The minimum atomic E-state index is -4.77. The standard InChI is InChI=1S/C24H25F3N8O5S3/c1-12(2)43(39,40)35-7-4-14(17(10-35)20(29)36)15-8-13(42(37,38)33-23(11-28)5-6-23)9-16-18(32-34(3)19(15)16)21-30-31-22(41-21)24(25,26)27/h8-9,12,33H,4-7,10H2,1-3H3,(H2,29,36). The number of halogens is 3. The Morgan fingerprint density at radius 1 is 1.21 bits per heavy atom. The summed E-state index contributed by atoms with van der Waals surface area (Å²) in [4.78, 5) is 12.3. The molecule has 3 aromatic rings. The summed E-state index contributed by atoms with van der Waals surface area (Å²) in [5, 5.41) is 18.5. The lowest BCUT2D eigenvalue weighted by molar-refractivity contribution is -0.138. The van der Waals surface area contributed by atoms with Crippen LogP contribution in [0.5, 0.6) is 0 Å². The summed E-state index contributed by atoms with van der Waals surface area (Å²) in [7, 11) is -6.68. The lowest BCUT2D eigenvalue weighted by Crippen LogP contribution is -2.42. The van der Waals surface area contributed by atoms with E-state index < -0.39 is 47.9 Å². The van der Waals surface area contributed by atoms with E-state index in [4.69, 9.17) is 5.73 Å². The molecule has 1 aliphatic carbocycles. The summed E-state index contributed by atoms with van der Waals surface area (Å²) in [6.45, 7) is 2.57. The Hall–Kier alpha value is -3.44. The number of alkyl halides is 3. The molecule has 2 aromatic heterocycles. The predicted molar refractivity (Wildman–Crippen MR) is 149 cm³/mol. The second kappa shape index (κ2) is 10.3. The minimum Gasteiger partial charge on any atom is -0.366 e. The number of benzene rings is 1. The first-order valence-electron chi connectivity index (χ1n) is 12.8. The molecule has 1 fully saturated rings. The third kappa shape index (κ3) is 5.53. The van der Waals surface area contributed by atoms with Crippen molar-refractivity contribution in [3.63, 3.8) is 0 Å². The average molecular weight is 659 g/mol. The number of rotatable bonds is 8. The number of aromatic nitrogens is 4. The van der Waals surface area contributed by atoms with Gasteiger partial charge >= 0.3 is 6.18 Å². The third-order valence-corrected chi connectivity index (χ3v) is 12.0. The fourth-order valence-corrected chi connectivity index (χ4v) is 8.21. The van der Waals surface area contributed by atoms with Gasteiger partial charge in [0.25, 0.3) is 0 Å². The number of nitrogens with two attached hydrogens (primary N) is 1. The van der Waals surface area contributed by atoms with Gasteiger partial charge in [-0.15, -0.1) is 10.2 Å². The second-order valence-corrected chi connectivity index (χ2v) is 15.7. The number of amides is 1. The van der Waals surface area contributed by atoms with Crippen molar-refractivity contribution in [3.8, 4) is 16.8 Å². The van der Waals surface area contributed by atoms with Gasteiger partial charge in [0.05, 0.1) is 21.7 Å². The monoisotopic (exact) mass is 658 g/mol. The normalized spacial score (nSPS) is 17.9. The molecule has 3 heterocycles. The zero-order valence-electron chi connectivity index (χ0n) is 22.9. The Morgan fingerprint density at radius 3 is 2.42 bits per heavy atom. The van der Waals surface area contributed by atoms with Gasteiger partial charge in [0.1, 0.15) is 11.2 Å². The Balaban J connectivity index is 1.77. The van der Waals surface area contributed by atoms with Crippen LogP contribution in [0.25, 0.3) is 27.2 Å². The number of nitrogens with one attached hydrogen (secondary N) is 1. The van der Waals surface area contributed by atoms with E-state index in [2.05, 4.69) is 20.0 Å². The summed E-state index contributed by atoms with van der Waals surface area (Å²) in [6, 6.07) is 4.40. The zero-order chi connectivity index (χ0) is 31.7. The van der Waals surface area contributed by atoms with Gasteiger partial charge in [-0.05, 0) is 50.8 Å². The molecule has 0 saturated heterocycles. The predicted octanol–water partition coefficient (Wildman–Crippen LogP) is 2.13. The Bertz CT molecular complexity index is 1950. The number of carbonyl (C=O) groups excluding carboxylic acids is 1. The SMILES string of the molecule is CC(C)S(=O)(=O)N1CCC(c2cc(S(=O)(=O)NC3(C#N)CC3)cc3c(-c4nnc(C(F)(F)F)s4)nn(C)c23)=C(C(N)=O)C1. The quantitative estimate of drug-likeness (QED) is 0.365. The van der Waals surface area contributed by atoms with Gasteiger partial charge in [-0.25, -0.2) is 16.8 Å². The van der Waals surface area contributed by atoms with Gasteiger partial charge in [0.15, 0.2) is 5.01 Å². The molecule has 230 valence electrons. The lowest BCUT2D eigenvalue weighted by Gasteiger charge is -2.31. The van der Waals surface area contributed by atoms with Crippen LogP contribution in [0, 0.1) is 11.3 Å². The molecule has 1 saturated carbocycles. The molecule has 5 rings (SSSR count). The van der Waals surface area contributed by atoms with Crippen molar-refractivity contribution in [2.75, 3.05) is 13.1 Å². The van der Waals surface area contributed by atoms with E-state index in [1.807, 2.05) is 6.07 Å². The molecule has 43 heavy (non-hydrogen) atoms. The number of hydrogen-bond donors (Lipinski definition) is 2. The molecular formula is C24H25F3N8O5S3. The van der Waals surface area contributed by atoms with Gasteiger partial charge in [0, 0.05) is 36.7 Å². The van der Waals surface area contributed by atoms with E-state index in [-0.39, 0.29) is 86.9 Å². The van der Waals surface area contributed by atoms with Gasteiger partial charge in [0.2, 0.25) is 31.0 Å². The first-order valence-corrected chi connectivity index (χ1v) is 16.6. The molecule has 19 heteroatoms. The van der Waals surface area contributed by atoms with Crippen LogP contribution in [0.3, 0.4) is 0 Å². The highest BCUT2D eigenvalue weighted by Gasteiger charge is 2.47. The minimum absolute atomic E-state index is 0.0318. The summed E-state index contributed by atoms with van der Waals surface area (Å²) < 4.78 is 97.6. The number of primary amides is 1. The molecule has 3 N–H and O–H groups in total. The number of carbonyl (C=O) groups is 1. The maximum atomic E-state index is 13.5. The van der Waals surface area contributed by atoms with E-state index >= 15 is 0 Å². The fraction of sp³-hybridized carbons (Fsp3) is 0.458. The number of nitrogens with zero attached hydrogens (tertiary/aromatic N) is 6. The van der Waals surface area contributed by atoms with Crippen LogP contribution in [0.15, 0.2) is 22.6 Å². The van der Waals surface area contributed by atoms with Gasteiger partial charge < -0.3 is 5.73 Å². The van der Waals surface area contributed by atoms with Crippen LogP contribution in [0.1, 0.15) is 43.7 Å². The molecule has 1 amide bonds. The first kappa shape index (κ1) is 31.0. The van der Waals surface area contributed by atoms with Gasteiger partial charge in [-0.1, -0.05) is 11.3 Å². The van der Waals surface area contributed by atoms with Crippen LogP contribution in [0.2, 0.25) is 0 Å². The van der Waals surface area contributed by atoms with Crippen molar-refractivity contribution in [2.45, 2.75) is 55.0 Å². The van der Waals surface area contributed by atoms with Crippen LogP contribution in [-0.4, -0.2) is 70.9 Å². The number of nitriles is 1. The zero-order valence-corrected chi connectivity index (χ0v) is 25.4. The largest absolute Gasteiger partial charge is 0.445 e. The molecule has 2 aliphatic rings. The summed E-state index contributed by atoms with van der Waals surface area (Å²) in [5.41, 5.74) is 4.91. The van der Waals surface area contributed by atoms with E-state index in [0.29, 0.717) is 0 Å². The summed E-state index contributed by atoms with van der Waals surface area (Å²) in [6.07, 6.45) is -4.22. The number of fused-ring (bicyclic) bond motifs is 1. The number of aryl methyl sites for hydroxylation is 1. The number of sulfonamides is 2. The molecule has 0 atom stereocenters. The van der Waals surface area contributed by atoms with Gasteiger partial charge in [-0.2, -0.15) is 32.6 Å². The average Bonchev–Trinajstić information content (AvgIpc) is 3.34. The van der Waals surface area contributed by atoms with Crippen molar-refractivity contribution in [3.05, 3.63) is 28.3 Å². The van der Waals surface area contributed by atoms with E-state index in [9.17, 15) is 40.1 Å². The highest BCUT2D eigenvalue weighted by atomic mass is 32.2. The molecular weight excluding hydrogens is 634 g/mol. The Morgan fingerprint density at radius 2 is 1.88 bits per heavy atom. The lowest BCUT2D eigenvalue weighted by atomic mass is 9.92. The smallest absolute Gasteiger partial charge is 0.366 e. The van der Waals surface area contributed by atoms with Crippen molar-refractivity contribution in [1.29, 1.82) is 5.26 Å². The van der Waals surface area contributed by atoms with E-state index in [1.165, 1.54) is 37.7 Å². The van der Waals surface area contributed by atoms with Crippen LogP contribution in [-0.2, 0) is 38.1 Å².